The van der Waals surface area contributed by atoms with Gasteiger partial charge in [0.25, 0.3) is 0 Å². The molecule has 9 heteroatoms. The molecule has 0 saturated heterocycles. The molecule has 0 spiro atoms. The molecule has 0 saturated carbocycles. The van der Waals surface area contributed by atoms with E-state index in [1.165, 1.54) is 0 Å². The Morgan fingerprint density at radius 3 is 2.16 bits per heavy atom. The minimum atomic E-state index is -4.33. The molecular weight excluding hydrogens is 283 g/mol. The number of anilines is 2. The predicted octanol–water partition coefficient (Wildman–Crippen LogP) is 2.37. The Morgan fingerprint density at radius 1 is 1.11 bits per heavy atom. The van der Waals surface area contributed by atoms with E-state index in [0.717, 1.165) is 4.90 Å². The molecule has 0 amide bonds. The van der Waals surface area contributed by atoms with Crippen molar-refractivity contribution in [3.8, 4) is 0 Å². The lowest BCUT2D eigenvalue weighted by atomic mass is 10.4. The van der Waals surface area contributed by atoms with Crippen molar-refractivity contribution in [2.75, 3.05) is 37.0 Å². The second-order valence-electron chi connectivity index (χ2n) is 4.14. The Balaban J connectivity index is 3.07. The van der Waals surface area contributed by atoms with Crippen molar-refractivity contribution in [2.45, 2.75) is 19.5 Å². The topological polar surface area (TPSA) is 45.2 Å². The van der Waals surface area contributed by atoms with Crippen LogP contribution in [0.1, 0.15) is 13.3 Å². The van der Waals surface area contributed by atoms with Gasteiger partial charge >= 0.3 is 6.18 Å². The van der Waals surface area contributed by atoms with Crippen molar-refractivity contribution in [3.63, 3.8) is 0 Å². The molecule has 0 radical (unpaired) electrons. The van der Waals surface area contributed by atoms with E-state index in [2.05, 4.69) is 15.0 Å². The number of rotatable bonds is 5. The maximum Gasteiger partial charge on any atom is 0.406 e. The largest absolute Gasteiger partial charge is 0.406 e. The lowest BCUT2D eigenvalue weighted by Crippen LogP contribution is -2.36. The van der Waals surface area contributed by atoms with Gasteiger partial charge in [0.1, 0.15) is 6.54 Å². The fraction of sp³-hybridized carbons (Fsp3) is 0.700. The van der Waals surface area contributed by atoms with Crippen LogP contribution in [0.3, 0.4) is 0 Å². The van der Waals surface area contributed by atoms with Gasteiger partial charge in [-0.2, -0.15) is 28.1 Å². The molecule has 1 aromatic rings. The highest BCUT2D eigenvalue weighted by Crippen LogP contribution is 2.21. The van der Waals surface area contributed by atoms with Crippen molar-refractivity contribution in [3.05, 3.63) is 5.28 Å². The molecule has 1 rings (SSSR count). The molecule has 19 heavy (non-hydrogen) atoms. The quantitative estimate of drug-likeness (QED) is 0.835. The van der Waals surface area contributed by atoms with Crippen LogP contribution in [0.5, 0.6) is 0 Å². The normalized spacial score (nSPS) is 11.5. The Hall–Kier alpha value is -1.31. The van der Waals surface area contributed by atoms with E-state index in [0.29, 0.717) is 6.42 Å². The van der Waals surface area contributed by atoms with Gasteiger partial charge < -0.3 is 9.80 Å². The van der Waals surface area contributed by atoms with E-state index in [-0.39, 0.29) is 23.7 Å². The summed E-state index contributed by atoms with van der Waals surface area (Å²) in [5, 5.41) is -0.128. The lowest BCUT2D eigenvalue weighted by Gasteiger charge is -2.24. The smallest absolute Gasteiger partial charge is 0.347 e. The Labute approximate surface area is 114 Å². The number of halogens is 4. The van der Waals surface area contributed by atoms with Crippen molar-refractivity contribution in [1.82, 2.24) is 15.0 Å². The van der Waals surface area contributed by atoms with E-state index in [4.69, 9.17) is 11.6 Å². The van der Waals surface area contributed by atoms with Crippen LogP contribution in [0.15, 0.2) is 0 Å². The zero-order valence-corrected chi connectivity index (χ0v) is 11.6. The first kappa shape index (κ1) is 15.7. The summed E-state index contributed by atoms with van der Waals surface area (Å²) >= 11 is 5.71. The third-order valence-electron chi connectivity index (χ3n) is 2.13. The molecule has 5 nitrogen and oxygen atoms in total. The third kappa shape index (κ3) is 5.06. The Morgan fingerprint density at radius 2 is 1.68 bits per heavy atom. The first-order valence-electron chi connectivity index (χ1n) is 5.63. The molecule has 1 heterocycles. The second kappa shape index (κ2) is 6.23. The van der Waals surface area contributed by atoms with Gasteiger partial charge in [-0.1, -0.05) is 6.92 Å². The summed E-state index contributed by atoms with van der Waals surface area (Å²) < 4.78 is 37.6. The van der Waals surface area contributed by atoms with Crippen LogP contribution in [-0.2, 0) is 0 Å². The molecule has 0 aromatic carbocycles. The highest BCUT2D eigenvalue weighted by molar-refractivity contribution is 6.28. The average Bonchev–Trinajstić information content (AvgIpc) is 2.25. The predicted molar refractivity (Wildman–Crippen MR) is 67.7 cm³/mol. The van der Waals surface area contributed by atoms with Crippen LogP contribution in [0, 0.1) is 0 Å². The third-order valence-corrected chi connectivity index (χ3v) is 2.30. The van der Waals surface area contributed by atoms with Crippen molar-refractivity contribution in [2.24, 2.45) is 0 Å². The van der Waals surface area contributed by atoms with Crippen LogP contribution in [-0.4, -0.2) is 48.3 Å². The molecule has 0 aliphatic rings. The van der Waals surface area contributed by atoms with E-state index in [9.17, 15) is 13.2 Å². The molecule has 0 fully saturated rings. The van der Waals surface area contributed by atoms with Gasteiger partial charge in [0.05, 0.1) is 0 Å². The molecule has 0 bridgehead atoms. The summed E-state index contributed by atoms with van der Waals surface area (Å²) in [4.78, 5) is 14.2. The van der Waals surface area contributed by atoms with Gasteiger partial charge in [-0.05, 0) is 18.0 Å². The summed E-state index contributed by atoms with van der Waals surface area (Å²) in [6.07, 6.45) is -3.79. The van der Waals surface area contributed by atoms with E-state index >= 15 is 0 Å². The van der Waals surface area contributed by atoms with Gasteiger partial charge in [0.2, 0.25) is 17.2 Å². The summed E-state index contributed by atoms with van der Waals surface area (Å²) in [6.45, 7) is 0.847. The minimum Gasteiger partial charge on any atom is -0.347 e. The summed E-state index contributed by atoms with van der Waals surface area (Å²) in [5.74, 6) is 0.154. The highest BCUT2D eigenvalue weighted by atomic mass is 35.5. The van der Waals surface area contributed by atoms with Gasteiger partial charge in [0, 0.05) is 20.6 Å². The zero-order valence-electron chi connectivity index (χ0n) is 10.9. The van der Waals surface area contributed by atoms with E-state index < -0.39 is 12.7 Å². The van der Waals surface area contributed by atoms with Crippen LogP contribution >= 0.6 is 11.6 Å². The van der Waals surface area contributed by atoms with Crippen LogP contribution in [0.4, 0.5) is 25.1 Å². The van der Waals surface area contributed by atoms with Crippen LogP contribution in [0.25, 0.3) is 0 Å². The lowest BCUT2D eigenvalue weighted by molar-refractivity contribution is -0.119. The van der Waals surface area contributed by atoms with Crippen molar-refractivity contribution >= 4 is 23.5 Å². The number of nitrogens with zero attached hydrogens (tertiary/aromatic N) is 5. The molecule has 0 unspecified atom stereocenters. The first-order chi connectivity index (χ1) is 8.73. The fourth-order valence-electron chi connectivity index (χ4n) is 1.41. The second-order valence-corrected chi connectivity index (χ2v) is 4.47. The number of alkyl halides is 3. The van der Waals surface area contributed by atoms with Gasteiger partial charge in [-0.15, -0.1) is 0 Å². The van der Waals surface area contributed by atoms with E-state index in [1.807, 2.05) is 0 Å². The van der Waals surface area contributed by atoms with Gasteiger partial charge in [0.15, 0.2) is 0 Å². The number of hydrogen-bond donors (Lipinski definition) is 0. The summed E-state index contributed by atoms with van der Waals surface area (Å²) in [7, 11) is 3.34. The zero-order chi connectivity index (χ0) is 14.6. The fourth-order valence-corrected chi connectivity index (χ4v) is 1.56. The van der Waals surface area contributed by atoms with Crippen LogP contribution in [0.2, 0.25) is 5.28 Å². The summed E-state index contributed by atoms with van der Waals surface area (Å²) in [5.41, 5.74) is 0. The Kier molecular flexibility index (Phi) is 5.16. The van der Waals surface area contributed by atoms with Crippen molar-refractivity contribution in [1.29, 1.82) is 0 Å². The molecule has 0 atom stereocenters. The van der Waals surface area contributed by atoms with Gasteiger partial charge in [-0.25, -0.2) is 0 Å². The molecular formula is C10H15ClF3N5. The molecule has 0 aliphatic heterocycles. The SMILES string of the molecule is CCCN(CC(F)(F)F)c1nc(Cl)nc(N(C)C)n1. The monoisotopic (exact) mass is 297 g/mol. The average molecular weight is 298 g/mol. The van der Waals surface area contributed by atoms with Gasteiger partial charge in [-0.3, -0.25) is 0 Å². The molecule has 1 aromatic heterocycles. The minimum absolute atomic E-state index is 0.0668. The Bertz CT molecular complexity index is 424. The maximum absolute atomic E-state index is 12.5. The molecule has 108 valence electrons. The molecule has 0 N–H and O–H groups in total. The van der Waals surface area contributed by atoms with Crippen LogP contribution < -0.4 is 9.80 Å². The highest BCUT2D eigenvalue weighted by Gasteiger charge is 2.32. The van der Waals surface area contributed by atoms with Crippen molar-refractivity contribution < 1.29 is 13.2 Å². The maximum atomic E-state index is 12.5. The standard InChI is InChI=1S/C10H15ClF3N5/c1-4-5-19(6-10(12,13)14)9-16-7(11)15-8(17-9)18(2)3/h4-6H2,1-3H3. The summed E-state index contributed by atoms with van der Waals surface area (Å²) in [6, 6.07) is 0. The first-order valence-corrected chi connectivity index (χ1v) is 6.01. The number of aromatic nitrogens is 3. The number of hydrogen-bond acceptors (Lipinski definition) is 5. The molecule has 0 aliphatic carbocycles. The van der Waals surface area contributed by atoms with E-state index in [1.54, 1.807) is 25.9 Å².